The van der Waals surface area contributed by atoms with E-state index in [9.17, 15) is 0 Å². The highest BCUT2D eigenvalue weighted by molar-refractivity contribution is 7.98. The topological polar surface area (TPSA) is 35.8 Å². The molecule has 1 rings (SSSR count). The van der Waals surface area contributed by atoms with Gasteiger partial charge in [0.05, 0.1) is 6.07 Å². The standard InChI is InChI=1S/C15H22N2S/c1-13-7-4-5-8-14(13)11-18-10-6-9-15(2,12-16)17-3/h4-5,7-8,17H,6,9-11H2,1-3H3. The summed E-state index contributed by atoms with van der Waals surface area (Å²) < 4.78 is 0. The highest BCUT2D eigenvalue weighted by atomic mass is 32.2. The van der Waals surface area contributed by atoms with E-state index >= 15 is 0 Å². The number of nitrogens with zero attached hydrogens (tertiary/aromatic N) is 1. The average molecular weight is 262 g/mol. The Labute approximate surface area is 115 Å². The van der Waals surface area contributed by atoms with E-state index in [0.717, 1.165) is 24.3 Å². The molecule has 0 bridgehead atoms. The summed E-state index contributed by atoms with van der Waals surface area (Å²) in [5.41, 5.74) is 2.41. The average Bonchev–Trinajstić information content (AvgIpc) is 2.40. The molecule has 0 saturated heterocycles. The maximum atomic E-state index is 9.04. The lowest BCUT2D eigenvalue weighted by molar-refractivity contribution is 0.451. The van der Waals surface area contributed by atoms with Crippen LogP contribution in [0.25, 0.3) is 0 Å². The second-order valence-corrected chi connectivity index (χ2v) is 5.88. The third-order valence-corrected chi connectivity index (χ3v) is 4.38. The third-order valence-electron chi connectivity index (χ3n) is 3.28. The first-order valence-electron chi connectivity index (χ1n) is 6.34. The van der Waals surface area contributed by atoms with Crippen LogP contribution in [-0.2, 0) is 5.75 Å². The Morgan fingerprint density at radius 3 is 2.72 bits per heavy atom. The number of rotatable bonds is 7. The molecule has 0 amide bonds. The van der Waals surface area contributed by atoms with E-state index in [1.165, 1.54) is 11.1 Å². The van der Waals surface area contributed by atoms with Crippen molar-refractivity contribution >= 4 is 11.8 Å². The van der Waals surface area contributed by atoms with E-state index in [1.807, 2.05) is 25.7 Å². The minimum absolute atomic E-state index is 0.372. The molecule has 0 aliphatic rings. The maximum Gasteiger partial charge on any atom is 0.103 e. The van der Waals surface area contributed by atoms with Crippen molar-refractivity contribution in [1.82, 2.24) is 5.32 Å². The van der Waals surface area contributed by atoms with Gasteiger partial charge in [-0.3, -0.25) is 0 Å². The number of thioether (sulfide) groups is 1. The van der Waals surface area contributed by atoms with Gasteiger partial charge in [0.1, 0.15) is 5.54 Å². The van der Waals surface area contributed by atoms with Crippen molar-refractivity contribution in [1.29, 1.82) is 5.26 Å². The van der Waals surface area contributed by atoms with Crippen LogP contribution in [-0.4, -0.2) is 18.3 Å². The fourth-order valence-electron chi connectivity index (χ4n) is 1.72. The van der Waals surface area contributed by atoms with Crippen molar-refractivity contribution in [3.05, 3.63) is 35.4 Å². The van der Waals surface area contributed by atoms with Crippen molar-refractivity contribution in [3.8, 4) is 6.07 Å². The molecule has 18 heavy (non-hydrogen) atoms. The van der Waals surface area contributed by atoms with Gasteiger partial charge in [-0.2, -0.15) is 17.0 Å². The first-order chi connectivity index (χ1) is 8.61. The summed E-state index contributed by atoms with van der Waals surface area (Å²) in [4.78, 5) is 0. The van der Waals surface area contributed by atoms with E-state index in [4.69, 9.17) is 5.26 Å². The second kappa shape index (κ2) is 7.45. The van der Waals surface area contributed by atoms with Gasteiger partial charge in [0.15, 0.2) is 0 Å². The summed E-state index contributed by atoms with van der Waals surface area (Å²) in [6, 6.07) is 10.8. The molecule has 1 unspecified atom stereocenters. The summed E-state index contributed by atoms with van der Waals surface area (Å²) in [5, 5.41) is 12.1. The molecule has 0 fully saturated rings. The molecule has 98 valence electrons. The molecule has 1 aromatic carbocycles. The molecule has 0 aromatic heterocycles. The fourth-order valence-corrected chi connectivity index (χ4v) is 2.76. The predicted molar refractivity (Wildman–Crippen MR) is 79.7 cm³/mol. The van der Waals surface area contributed by atoms with Crippen LogP contribution >= 0.6 is 11.8 Å². The normalized spacial score (nSPS) is 13.9. The predicted octanol–water partition coefficient (Wildman–Crippen LogP) is 3.51. The number of hydrogen-bond acceptors (Lipinski definition) is 3. The summed E-state index contributed by atoms with van der Waals surface area (Å²) in [6.07, 6.45) is 1.97. The van der Waals surface area contributed by atoms with Crippen LogP contribution in [0.1, 0.15) is 30.9 Å². The monoisotopic (exact) mass is 262 g/mol. The molecule has 0 aliphatic carbocycles. The molecule has 2 nitrogen and oxygen atoms in total. The lowest BCUT2D eigenvalue weighted by Crippen LogP contribution is -2.37. The van der Waals surface area contributed by atoms with Gasteiger partial charge in [-0.1, -0.05) is 24.3 Å². The fraction of sp³-hybridized carbons (Fsp3) is 0.533. The molecular weight excluding hydrogens is 240 g/mol. The molecule has 3 heteroatoms. The van der Waals surface area contributed by atoms with E-state index in [2.05, 4.69) is 42.6 Å². The van der Waals surface area contributed by atoms with Crippen LogP contribution in [0.15, 0.2) is 24.3 Å². The first kappa shape index (κ1) is 15.1. The van der Waals surface area contributed by atoms with E-state index in [0.29, 0.717) is 0 Å². The zero-order valence-electron chi connectivity index (χ0n) is 11.5. The van der Waals surface area contributed by atoms with Gasteiger partial charge in [0.2, 0.25) is 0 Å². The van der Waals surface area contributed by atoms with Crippen LogP contribution < -0.4 is 5.32 Å². The number of nitriles is 1. The van der Waals surface area contributed by atoms with Gasteiger partial charge in [-0.15, -0.1) is 0 Å². The Morgan fingerprint density at radius 1 is 1.39 bits per heavy atom. The smallest absolute Gasteiger partial charge is 0.103 e. The molecule has 0 heterocycles. The highest BCUT2D eigenvalue weighted by Crippen LogP contribution is 2.19. The lowest BCUT2D eigenvalue weighted by Gasteiger charge is -2.20. The Bertz CT molecular complexity index is 411. The van der Waals surface area contributed by atoms with Gasteiger partial charge >= 0.3 is 0 Å². The zero-order chi connectivity index (χ0) is 13.4. The Hall–Kier alpha value is -0.980. The minimum Gasteiger partial charge on any atom is -0.303 e. The van der Waals surface area contributed by atoms with E-state index < -0.39 is 0 Å². The van der Waals surface area contributed by atoms with Crippen molar-refractivity contribution < 1.29 is 0 Å². The Kier molecular flexibility index (Phi) is 6.24. The number of benzene rings is 1. The van der Waals surface area contributed by atoms with Gasteiger partial charge in [-0.05, 0) is 50.6 Å². The van der Waals surface area contributed by atoms with Gasteiger partial charge in [0.25, 0.3) is 0 Å². The highest BCUT2D eigenvalue weighted by Gasteiger charge is 2.19. The largest absolute Gasteiger partial charge is 0.303 e. The second-order valence-electron chi connectivity index (χ2n) is 4.78. The van der Waals surface area contributed by atoms with Gasteiger partial charge < -0.3 is 5.32 Å². The number of hydrogen-bond donors (Lipinski definition) is 1. The molecule has 1 aromatic rings. The van der Waals surface area contributed by atoms with Crippen LogP contribution in [0.2, 0.25) is 0 Å². The van der Waals surface area contributed by atoms with E-state index in [1.54, 1.807) is 0 Å². The quantitative estimate of drug-likeness (QED) is 0.764. The Morgan fingerprint density at radius 2 is 2.11 bits per heavy atom. The first-order valence-corrected chi connectivity index (χ1v) is 7.49. The molecule has 0 saturated carbocycles. The van der Waals surface area contributed by atoms with Crippen molar-refractivity contribution in [2.45, 2.75) is 38.0 Å². The van der Waals surface area contributed by atoms with Crippen molar-refractivity contribution in [3.63, 3.8) is 0 Å². The summed E-state index contributed by atoms with van der Waals surface area (Å²) in [7, 11) is 1.85. The van der Waals surface area contributed by atoms with Crippen LogP contribution in [0.5, 0.6) is 0 Å². The van der Waals surface area contributed by atoms with E-state index in [-0.39, 0.29) is 5.54 Å². The zero-order valence-corrected chi connectivity index (χ0v) is 12.3. The third kappa shape index (κ3) is 4.72. The summed E-state index contributed by atoms with van der Waals surface area (Å²) in [6.45, 7) is 4.11. The SMILES string of the molecule is CNC(C)(C#N)CCCSCc1ccccc1C. The van der Waals surface area contributed by atoms with Crippen molar-refractivity contribution in [2.24, 2.45) is 0 Å². The minimum atomic E-state index is -0.372. The molecular formula is C15H22N2S. The van der Waals surface area contributed by atoms with Gasteiger partial charge in [-0.25, -0.2) is 0 Å². The van der Waals surface area contributed by atoms with Crippen molar-refractivity contribution in [2.75, 3.05) is 12.8 Å². The molecule has 1 atom stereocenters. The van der Waals surface area contributed by atoms with Crippen LogP contribution in [0.4, 0.5) is 0 Å². The molecule has 0 radical (unpaired) electrons. The summed E-state index contributed by atoms with van der Waals surface area (Å²) in [5.74, 6) is 2.17. The Balaban J connectivity index is 2.24. The number of aryl methyl sites for hydroxylation is 1. The molecule has 0 spiro atoms. The lowest BCUT2D eigenvalue weighted by atomic mass is 9.99. The molecule has 0 aliphatic heterocycles. The number of nitrogens with one attached hydrogen (secondary N) is 1. The van der Waals surface area contributed by atoms with Crippen LogP contribution in [0, 0.1) is 18.3 Å². The molecule has 1 N–H and O–H groups in total. The summed E-state index contributed by atoms with van der Waals surface area (Å²) >= 11 is 1.94. The van der Waals surface area contributed by atoms with Crippen LogP contribution in [0.3, 0.4) is 0 Å². The maximum absolute atomic E-state index is 9.04. The van der Waals surface area contributed by atoms with Gasteiger partial charge in [0, 0.05) is 5.75 Å².